The van der Waals surface area contributed by atoms with Crippen LogP contribution in [0, 0.1) is 0 Å². The standard InChI is InChI=1S/C28H35N3O7/c1-3-31-16-26(32)29-22-11-12-30(17-28(34)35)15-25(22)37-18-20-5-4-6-21(13-20)38-24-14-19(8-10-27(31)33)7-9-23(24)36-2/h4-7,9,13-14,22,25H,3,8,10-12,15-18H2,1-2H3,(H,29,32)(H,34,35)/t22-,25-/m0/s1. The van der Waals surface area contributed by atoms with Gasteiger partial charge in [0.25, 0.3) is 0 Å². The maximum Gasteiger partial charge on any atom is 0.317 e. The lowest BCUT2D eigenvalue weighted by atomic mass is 10.0. The Morgan fingerprint density at radius 1 is 1.16 bits per heavy atom. The van der Waals surface area contributed by atoms with E-state index >= 15 is 0 Å². The quantitative estimate of drug-likeness (QED) is 0.625. The summed E-state index contributed by atoms with van der Waals surface area (Å²) in [5.74, 6) is 0.449. The zero-order valence-electron chi connectivity index (χ0n) is 21.9. The smallest absolute Gasteiger partial charge is 0.317 e. The number of nitrogens with one attached hydrogen (secondary N) is 1. The van der Waals surface area contributed by atoms with Crippen LogP contribution in [0.4, 0.5) is 0 Å². The molecule has 2 aliphatic rings. The number of aliphatic carboxylic acids is 1. The van der Waals surface area contributed by atoms with Gasteiger partial charge < -0.3 is 29.5 Å². The number of rotatable bonds is 4. The molecule has 2 atom stereocenters. The van der Waals surface area contributed by atoms with E-state index in [9.17, 15) is 19.5 Å². The van der Waals surface area contributed by atoms with Crippen LogP contribution in [-0.2, 0) is 32.1 Å². The number of carbonyl (C=O) groups is 3. The van der Waals surface area contributed by atoms with E-state index < -0.39 is 12.1 Å². The molecule has 0 unspecified atom stereocenters. The highest BCUT2D eigenvalue weighted by atomic mass is 16.5. The Morgan fingerprint density at radius 2 is 2.00 bits per heavy atom. The predicted octanol–water partition coefficient (Wildman–Crippen LogP) is 2.44. The first-order valence-corrected chi connectivity index (χ1v) is 12.9. The predicted molar refractivity (Wildman–Crippen MR) is 139 cm³/mol. The lowest BCUT2D eigenvalue weighted by Gasteiger charge is -2.38. The van der Waals surface area contributed by atoms with Crippen LogP contribution in [-0.4, -0.2) is 84.7 Å². The molecule has 10 nitrogen and oxygen atoms in total. The topological polar surface area (TPSA) is 118 Å². The van der Waals surface area contributed by atoms with Gasteiger partial charge in [0.15, 0.2) is 11.5 Å². The number of carboxylic acids is 1. The van der Waals surface area contributed by atoms with Gasteiger partial charge >= 0.3 is 5.97 Å². The number of benzene rings is 2. The molecular formula is C28H35N3O7. The number of carboxylic acid groups (broad SMARTS) is 1. The second-order valence-corrected chi connectivity index (χ2v) is 9.58. The highest BCUT2D eigenvalue weighted by Gasteiger charge is 2.32. The maximum atomic E-state index is 13.0. The van der Waals surface area contributed by atoms with E-state index in [4.69, 9.17) is 14.2 Å². The highest BCUT2D eigenvalue weighted by Crippen LogP contribution is 2.33. The number of hydrogen-bond donors (Lipinski definition) is 2. The normalized spacial score (nSPS) is 21.4. The number of fused-ring (bicyclic) bond motifs is 5. The summed E-state index contributed by atoms with van der Waals surface area (Å²) in [6.45, 7) is 3.27. The first kappa shape index (κ1) is 27.4. The molecule has 204 valence electrons. The van der Waals surface area contributed by atoms with E-state index in [1.165, 1.54) is 0 Å². The van der Waals surface area contributed by atoms with Gasteiger partial charge in [-0.05, 0) is 55.2 Å². The Labute approximate surface area is 222 Å². The van der Waals surface area contributed by atoms with Gasteiger partial charge in [-0.1, -0.05) is 18.2 Å². The van der Waals surface area contributed by atoms with Crippen LogP contribution in [0.2, 0.25) is 0 Å². The number of methoxy groups -OCH3 is 1. The minimum atomic E-state index is -0.908. The maximum absolute atomic E-state index is 13.0. The van der Waals surface area contributed by atoms with Crippen LogP contribution in [0.5, 0.6) is 17.2 Å². The Bertz CT molecular complexity index is 1160. The summed E-state index contributed by atoms with van der Waals surface area (Å²) in [7, 11) is 1.58. The van der Waals surface area contributed by atoms with Gasteiger partial charge in [-0.25, -0.2) is 0 Å². The molecule has 0 radical (unpaired) electrons. The fraction of sp³-hybridized carbons (Fsp3) is 0.464. The lowest BCUT2D eigenvalue weighted by Crippen LogP contribution is -2.57. The number of carbonyl (C=O) groups excluding carboxylic acids is 2. The molecule has 1 fully saturated rings. The Kier molecular flexibility index (Phi) is 9.19. The number of nitrogens with zero attached hydrogens (tertiary/aromatic N) is 2. The van der Waals surface area contributed by atoms with Gasteiger partial charge in [0.1, 0.15) is 5.75 Å². The van der Waals surface area contributed by atoms with E-state index in [-0.39, 0.29) is 44.0 Å². The largest absolute Gasteiger partial charge is 0.493 e. The van der Waals surface area contributed by atoms with Gasteiger partial charge in [0.05, 0.1) is 39.0 Å². The molecule has 0 aromatic heterocycles. The van der Waals surface area contributed by atoms with Crippen LogP contribution in [0.15, 0.2) is 42.5 Å². The summed E-state index contributed by atoms with van der Waals surface area (Å²) in [4.78, 5) is 40.5. The summed E-state index contributed by atoms with van der Waals surface area (Å²) < 4.78 is 17.9. The Hall–Kier alpha value is -3.63. The summed E-state index contributed by atoms with van der Waals surface area (Å²) in [6.07, 6.45) is 0.872. The number of ether oxygens (including phenoxy) is 3. The van der Waals surface area contributed by atoms with Crippen molar-refractivity contribution in [3.63, 3.8) is 0 Å². The Morgan fingerprint density at radius 3 is 2.76 bits per heavy atom. The number of aryl methyl sites for hydroxylation is 1. The molecule has 2 aromatic rings. The molecule has 2 N–H and O–H groups in total. The van der Waals surface area contributed by atoms with Crippen LogP contribution < -0.4 is 14.8 Å². The van der Waals surface area contributed by atoms with E-state index in [0.717, 1.165) is 11.1 Å². The second kappa shape index (κ2) is 12.7. The van der Waals surface area contributed by atoms with Gasteiger partial charge in [-0.3, -0.25) is 19.3 Å². The number of amides is 2. The summed E-state index contributed by atoms with van der Waals surface area (Å²) in [5.41, 5.74) is 1.80. The molecule has 2 amide bonds. The highest BCUT2D eigenvalue weighted by molar-refractivity contribution is 5.85. The molecule has 1 saturated heterocycles. The average Bonchev–Trinajstić information content (AvgIpc) is 2.90. The fourth-order valence-corrected chi connectivity index (χ4v) is 4.85. The molecule has 2 aromatic carbocycles. The van der Waals surface area contributed by atoms with Crippen molar-refractivity contribution in [2.75, 3.05) is 39.8 Å². The van der Waals surface area contributed by atoms with Crippen LogP contribution >= 0.6 is 0 Å². The van der Waals surface area contributed by atoms with Gasteiger partial charge in [-0.15, -0.1) is 0 Å². The zero-order chi connectivity index (χ0) is 27.1. The van der Waals surface area contributed by atoms with Crippen molar-refractivity contribution in [2.45, 2.75) is 44.9 Å². The summed E-state index contributed by atoms with van der Waals surface area (Å²) in [5, 5.41) is 12.3. The van der Waals surface area contributed by atoms with Crippen molar-refractivity contribution in [1.82, 2.24) is 15.1 Å². The minimum Gasteiger partial charge on any atom is -0.493 e. The molecule has 38 heavy (non-hydrogen) atoms. The van der Waals surface area contributed by atoms with E-state index in [2.05, 4.69) is 5.32 Å². The fourth-order valence-electron chi connectivity index (χ4n) is 4.85. The van der Waals surface area contributed by atoms with E-state index in [0.29, 0.717) is 49.7 Å². The monoisotopic (exact) mass is 525 g/mol. The first-order chi connectivity index (χ1) is 18.3. The van der Waals surface area contributed by atoms with Crippen molar-refractivity contribution in [2.24, 2.45) is 0 Å². The number of piperidine rings is 1. The zero-order valence-corrected chi connectivity index (χ0v) is 21.9. The van der Waals surface area contributed by atoms with Gasteiger partial charge in [-0.2, -0.15) is 0 Å². The van der Waals surface area contributed by atoms with Crippen LogP contribution in [0.3, 0.4) is 0 Å². The minimum absolute atomic E-state index is 0.0452. The van der Waals surface area contributed by atoms with Crippen molar-refractivity contribution in [3.05, 3.63) is 53.6 Å². The third-order valence-corrected chi connectivity index (χ3v) is 6.86. The molecule has 0 saturated carbocycles. The van der Waals surface area contributed by atoms with Gasteiger partial charge in [0, 0.05) is 26.1 Å². The average molecular weight is 526 g/mol. The van der Waals surface area contributed by atoms with Crippen LogP contribution in [0.1, 0.15) is 30.9 Å². The molecule has 10 heteroatoms. The number of hydrogen-bond acceptors (Lipinski definition) is 7. The van der Waals surface area contributed by atoms with Crippen molar-refractivity contribution in [3.8, 4) is 17.2 Å². The lowest BCUT2D eigenvalue weighted by molar-refractivity contribution is -0.140. The Balaban J connectivity index is 1.62. The molecule has 0 aliphatic carbocycles. The number of likely N-dealkylation sites (tertiary alicyclic amines) is 1. The molecule has 2 aliphatic heterocycles. The van der Waals surface area contributed by atoms with Crippen molar-refractivity contribution < 1.29 is 33.7 Å². The third kappa shape index (κ3) is 7.23. The first-order valence-electron chi connectivity index (χ1n) is 12.9. The molecular weight excluding hydrogens is 490 g/mol. The SMILES string of the molecule is CCN1CC(=O)N[C@H]2CCN(CC(=O)O)C[C@@H]2OCc2cccc(c2)Oc2cc(ccc2OC)CCC1=O. The molecule has 0 spiro atoms. The van der Waals surface area contributed by atoms with E-state index in [1.54, 1.807) is 12.0 Å². The van der Waals surface area contributed by atoms with Crippen molar-refractivity contribution in [1.29, 1.82) is 0 Å². The molecule has 4 rings (SSSR count). The summed E-state index contributed by atoms with van der Waals surface area (Å²) in [6, 6.07) is 12.8. The van der Waals surface area contributed by atoms with E-state index in [1.807, 2.05) is 54.3 Å². The third-order valence-electron chi connectivity index (χ3n) is 6.86. The number of likely N-dealkylation sites (N-methyl/N-ethyl adjacent to an activating group) is 1. The van der Waals surface area contributed by atoms with Gasteiger partial charge in [0.2, 0.25) is 11.8 Å². The summed E-state index contributed by atoms with van der Waals surface area (Å²) >= 11 is 0. The van der Waals surface area contributed by atoms with Crippen molar-refractivity contribution >= 4 is 17.8 Å². The second-order valence-electron chi connectivity index (χ2n) is 9.58. The molecule has 2 heterocycles. The molecule has 4 bridgehead atoms. The van der Waals surface area contributed by atoms with Crippen LogP contribution in [0.25, 0.3) is 0 Å².